The number of aliphatic carboxylic acids is 1. The first kappa shape index (κ1) is 10.4. The number of hydrogen-bond donors (Lipinski definition) is 2. The van der Waals surface area contributed by atoms with Crippen molar-refractivity contribution in [1.29, 1.82) is 0 Å². The predicted octanol–water partition coefficient (Wildman–Crippen LogP) is 1.87. The second-order valence-corrected chi connectivity index (χ2v) is 3.27. The fourth-order valence-electron chi connectivity index (χ4n) is 1.44. The Kier molecular flexibility index (Phi) is 2.68. The van der Waals surface area contributed by atoms with Gasteiger partial charge in [0.25, 0.3) is 0 Å². The number of fused-ring (bicyclic) bond motifs is 1. The van der Waals surface area contributed by atoms with Crippen molar-refractivity contribution >= 4 is 22.6 Å². The van der Waals surface area contributed by atoms with Crippen LogP contribution in [-0.2, 0) is 4.79 Å². The molecule has 2 aromatic rings. The molecule has 1 heterocycles. The molecule has 16 heavy (non-hydrogen) atoms. The Balaban J connectivity index is 2.43. The van der Waals surface area contributed by atoms with Gasteiger partial charge in [0.05, 0.1) is 5.52 Å². The third kappa shape index (κ3) is 2.08. The van der Waals surface area contributed by atoms with Crippen molar-refractivity contribution in [3.05, 3.63) is 36.3 Å². The molecule has 0 spiro atoms. The number of halogens is 1. The van der Waals surface area contributed by atoms with Crippen LogP contribution in [0.3, 0.4) is 0 Å². The minimum Gasteiger partial charge on any atom is -0.480 e. The molecule has 0 aliphatic heterocycles. The van der Waals surface area contributed by atoms with E-state index in [0.717, 1.165) is 0 Å². The highest BCUT2D eigenvalue weighted by atomic mass is 19.1. The molecular weight excluding hydrogens is 211 g/mol. The zero-order chi connectivity index (χ0) is 11.5. The first-order chi connectivity index (χ1) is 7.66. The molecule has 0 amide bonds. The van der Waals surface area contributed by atoms with Gasteiger partial charge in [0.2, 0.25) is 0 Å². The number of rotatable bonds is 3. The van der Waals surface area contributed by atoms with Gasteiger partial charge in [-0.05, 0) is 24.3 Å². The number of pyridine rings is 1. The molecule has 0 radical (unpaired) electrons. The fourth-order valence-corrected chi connectivity index (χ4v) is 1.44. The SMILES string of the molecule is O=C(O)CNc1ccnc2ccc(F)cc12. The van der Waals surface area contributed by atoms with Crippen molar-refractivity contribution in [2.75, 3.05) is 11.9 Å². The Bertz CT molecular complexity index is 542. The molecule has 0 saturated heterocycles. The van der Waals surface area contributed by atoms with Gasteiger partial charge in [0.15, 0.2) is 0 Å². The van der Waals surface area contributed by atoms with Gasteiger partial charge in [-0.1, -0.05) is 0 Å². The van der Waals surface area contributed by atoms with Crippen LogP contribution in [0, 0.1) is 5.82 Å². The normalized spacial score (nSPS) is 10.3. The zero-order valence-electron chi connectivity index (χ0n) is 8.27. The molecule has 5 heteroatoms. The van der Waals surface area contributed by atoms with Crippen molar-refractivity contribution in [1.82, 2.24) is 4.98 Å². The standard InChI is InChI=1S/C11H9FN2O2/c12-7-1-2-9-8(5-7)10(3-4-13-9)14-6-11(15)16/h1-5H,6H2,(H,13,14)(H,15,16). The van der Waals surface area contributed by atoms with E-state index in [4.69, 9.17) is 5.11 Å². The fraction of sp³-hybridized carbons (Fsp3) is 0.0909. The molecule has 2 N–H and O–H groups in total. The highest BCUT2D eigenvalue weighted by molar-refractivity contribution is 5.92. The molecule has 0 saturated carbocycles. The Hall–Kier alpha value is -2.17. The molecule has 1 aromatic carbocycles. The third-order valence-electron chi connectivity index (χ3n) is 2.13. The molecule has 0 aliphatic carbocycles. The number of carboxylic acids is 1. The average molecular weight is 220 g/mol. The largest absolute Gasteiger partial charge is 0.480 e. The van der Waals surface area contributed by atoms with Gasteiger partial charge in [0.1, 0.15) is 12.4 Å². The maximum atomic E-state index is 13.0. The van der Waals surface area contributed by atoms with Crippen molar-refractivity contribution in [2.45, 2.75) is 0 Å². The third-order valence-corrected chi connectivity index (χ3v) is 2.13. The molecule has 0 fully saturated rings. The van der Waals surface area contributed by atoms with Crippen LogP contribution >= 0.6 is 0 Å². The molecule has 0 aliphatic rings. The Morgan fingerprint density at radius 2 is 2.25 bits per heavy atom. The first-order valence-electron chi connectivity index (χ1n) is 4.67. The molecule has 0 atom stereocenters. The second kappa shape index (κ2) is 4.14. The number of benzene rings is 1. The Morgan fingerprint density at radius 3 is 3.00 bits per heavy atom. The maximum Gasteiger partial charge on any atom is 0.322 e. The monoisotopic (exact) mass is 220 g/mol. The van der Waals surface area contributed by atoms with E-state index in [1.807, 2.05) is 0 Å². The summed E-state index contributed by atoms with van der Waals surface area (Å²) < 4.78 is 13.0. The lowest BCUT2D eigenvalue weighted by molar-refractivity contribution is -0.134. The van der Waals surface area contributed by atoms with E-state index in [-0.39, 0.29) is 12.4 Å². The number of anilines is 1. The van der Waals surface area contributed by atoms with E-state index in [1.165, 1.54) is 12.1 Å². The average Bonchev–Trinajstić information content (AvgIpc) is 2.26. The van der Waals surface area contributed by atoms with Crippen LogP contribution in [-0.4, -0.2) is 22.6 Å². The maximum absolute atomic E-state index is 13.0. The van der Waals surface area contributed by atoms with E-state index in [1.54, 1.807) is 18.3 Å². The van der Waals surface area contributed by atoms with Gasteiger partial charge >= 0.3 is 5.97 Å². The lowest BCUT2D eigenvalue weighted by Crippen LogP contribution is -2.12. The van der Waals surface area contributed by atoms with Crippen LogP contribution in [0.4, 0.5) is 10.1 Å². The van der Waals surface area contributed by atoms with Gasteiger partial charge in [0, 0.05) is 17.3 Å². The van der Waals surface area contributed by atoms with Crippen molar-refractivity contribution < 1.29 is 14.3 Å². The zero-order valence-corrected chi connectivity index (χ0v) is 8.27. The summed E-state index contributed by atoms with van der Waals surface area (Å²) in [5.74, 6) is -1.35. The van der Waals surface area contributed by atoms with E-state index < -0.39 is 5.97 Å². The number of aromatic nitrogens is 1. The summed E-state index contributed by atoms with van der Waals surface area (Å²) in [6.45, 7) is -0.213. The number of carbonyl (C=O) groups is 1. The minimum absolute atomic E-state index is 0.213. The van der Waals surface area contributed by atoms with Gasteiger partial charge in [-0.15, -0.1) is 0 Å². The van der Waals surface area contributed by atoms with Gasteiger partial charge in [-0.2, -0.15) is 0 Å². The molecule has 0 unspecified atom stereocenters. The first-order valence-corrected chi connectivity index (χ1v) is 4.67. The topological polar surface area (TPSA) is 62.2 Å². The molecule has 4 nitrogen and oxygen atoms in total. The van der Waals surface area contributed by atoms with Crippen LogP contribution < -0.4 is 5.32 Å². The highest BCUT2D eigenvalue weighted by Gasteiger charge is 2.04. The van der Waals surface area contributed by atoms with E-state index in [0.29, 0.717) is 16.6 Å². The Morgan fingerprint density at radius 1 is 1.44 bits per heavy atom. The van der Waals surface area contributed by atoms with Gasteiger partial charge in [-0.25, -0.2) is 4.39 Å². The summed E-state index contributed by atoms with van der Waals surface area (Å²) in [5, 5.41) is 11.8. The van der Waals surface area contributed by atoms with Crippen molar-refractivity contribution in [3.8, 4) is 0 Å². The summed E-state index contributed by atoms with van der Waals surface area (Å²) in [5.41, 5.74) is 1.18. The van der Waals surface area contributed by atoms with Crippen LogP contribution in [0.1, 0.15) is 0 Å². The van der Waals surface area contributed by atoms with Crippen LogP contribution in [0.2, 0.25) is 0 Å². The lowest BCUT2D eigenvalue weighted by atomic mass is 10.2. The van der Waals surface area contributed by atoms with Crippen LogP contribution in [0.15, 0.2) is 30.5 Å². The Labute approximate surface area is 90.7 Å². The summed E-state index contributed by atoms with van der Waals surface area (Å²) >= 11 is 0. The summed E-state index contributed by atoms with van der Waals surface area (Å²) in [7, 11) is 0. The smallest absolute Gasteiger partial charge is 0.322 e. The predicted molar refractivity (Wildman–Crippen MR) is 57.8 cm³/mol. The minimum atomic E-state index is -0.971. The van der Waals surface area contributed by atoms with E-state index >= 15 is 0 Å². The molecule has 2 rings (SSSR count). The van der Waals surface area contributed by atoms with Crippen LogP contribution in [0.5, 0.6) is 0 Å². The van der Waals surface area contributed by atoms with Crippen molar-refractivity contribution in [2.24, 2.45) is 0 Å². The van der Waals surface area contributed by atoms with E-state index in [2.05, 4.69) is 10.3 Å². The van der Waals surface area contributed by atoms with Gasteiger partial charge in [-0.3, -0.25) is 9.78 Å². The van der Waals surface area contributed by atoms with Crippen LogP contribution in [0.25, 0.3) is 10.9 Å². The molecule has 82 valence electrons. The highest BCUT2D eigenvalue weighted by Crippen LogP contribution is 2.21. The summed E-state index contributed by atoms with van der Waals surface area (Å²) in [4.78, 5) is 14.5. The number of carboxylic acid groups (broad SMARTS) is 1. The molecule has 0 bridgehead atoms. The molecule has 1 aromatic heterocycles. The number of hydrogen-bond acceptors (Lipinski definition) is 3. The molecular formula is C11H9FN2O2. The lowest BCUT2D eigenvalue weighted by Gasteiger charge is -2.06. The van der Waals surface area contributed by atoms with E-state index in [9.17, 15) is 9.18 Å². The number of nitrogens with zero attached hydrogens (tertiary/aromatic N) is 1. The van der Waals surface area contributed by atoms with Crippen molar-refractivity contribution in [3.63, 3.8) is 0 Å². The quantitative estimate of drug-likeness (QED) is 0.828. The summed E-state index contributed by atoms with van der Waals surface area (Å²) in [6.07, 6.45) is 1.55. The van der Waals surface area contributed by atoms with Gasteiger partial charge < -0.3 is 10.4 Å². The summed E-state index contributed by atoms with van der Waals surface area (Å²) in [6, 6.07) is 5.81. The number of nitrogens with one attached hydrogen (secondary N) is 1. The second-order valence-electron chi connectivity index (χ2n) is 3.27.